The Hall–Kier alpha value is -0.760. The third-order valence-electron chi connectivity index (χ3n) is 1.36. The molecule has 2 nitrogen and oxygen atoms in total. The predicted octanol–water partition coefficient (Wildman–Crippen LogP) is 2.26. The number of aliphatic hydroxyl groups excluding tert-OH is 1. The maximum absolute atomic E-state index is 8.36. The van der Waals surface area contributed by atoms with Gasteiger partial charge >= 0.3 is 0 Å². The van der Waals surface area contributed by atoms with E-state index in [2.05, 4.69) is 13.0 Å². The van der Waals surface area contributed by atoms with Gasteiger partial charge in [-0.1, -0.05) is 31.9 Å². The molecule has 0 fully saturated rings. The summed E-state index contributed by atoms with van der Waals surface area (Å²) in [6, 6.07) is 0. The first-order chi connectivity index (χ1) is 5.91. The van der Waals surface area contributed by atoms with E-state index in [0.717, 1.165) is 6.42 Å². The highest BCUT2D eigenvalue weighted by Crippen LogP contribution is 1.94. The maximum Gasteiger partial charge on any atom is 0.110 e. The molecule has 0 aliphatic carbocycles. The lowest BCUT2D eigenvalue weighted by atomic mass is 10.2. The van der Waals surface area contributed by atoms with Crippen LogP contribution in [0.5, 0.6) is 0 Å². The molecule has 0 aromatic heterocycles. The van der Waals surface area contributed by atoms with E-state index < -0.39 is 0 Å². The zero-order chi connectivity index (χ0) is 9.07. The number of allylic oxidation sites excluding steroid dienone is 3. The van der Waals surface area contributed by atoms with Crippen LogP contribution in [0.3, 0.4) is 0 Å². The van der Waals surface area contributed by atoms with Crippen LogP contribution in [-0.4, -0.2) is 18.3 Å². The Morgan fingerprint density at radius 3 is 2.83 bits per heavy atom. The van der Waals surface area contributed by atoms with Gasteiger partial charge in [0, 0.05) is 0 Å². The van der Waals surface area contributed by atoms with Gasteiger partial charge in [0.1, 0.15) is 6.61 Å². The molecule has 0 spiro atoms. The van der Waals surface area contributed by atoms with Crippen LogP contribution in [0.15, 0.2) is 24.5 Å². The van der Waals surface area contributed by atoms with Crippen molar-refractivity contribution in [1.29, 1.82) is 0 Å². The van der Waals surface area contributed by atoms with E-state index in [1.54, 1.807) is 6.26 Å². The minimum atomic E-state index is 0.0733. The minimum absolute atomic E-state index is 0.0733. The molecule has 0 aliphatic rings. The Morgan fingerprint density at radius 2 is 2.17 bits per heavy atom. The van der Waals surface area contributed by atoms with Gasteiger partial charge in [0.25, 0.3) is 0 Å². The van der Waals surface area contributed by atoms with Crippen molar-refractivity contribution in [2.24, 2.45) is 0 Å². The molecule has 0 aromatic carbocycles. The summed E-state index contributed by atoms with van der Waals surface area (Å²) in [5, 5.41) is 8.36. The van der Waals surface area contributed by atoms with Crippen LogP contribution in [0.25, 0.3) is 0 Å². The summed E-state index contributed by atoms with van der Waals surface area (Å²) in [6.07, 6.45) is 11.1. The molecule has 70 valence electrons. The quantitative estimate of drug-likeness (QED) is 0.361. The molecule has 0 unspecified atom stereocenters. The van der Waals surface area contributed by atoms with Crippen LogP contribution in [-0.2, 0) is 4.74 Å². The van der Waals surface area contributed by atoms with Crippen molar-refractivity contribution in [3.8, 4) is 0 Å². The van der Waals surface area contributed by atoms with Crippen LogP contribution in [0.4, 0.5) is 0 Å². The SMILES string of the molecule is CCCC/C=C/C=C/OCCO. The summed E-state index contributed by atoms with van der Waals surface area (Å²) >= 11 is 0. The smallest absolute Gasteiger partial charge is 0.110 e. The average molecular weight is 170 g/mol. The summed E-state index contributed by atoms with van der Waals surface area (Å²) in [7, 11) is 0. The van der Waals surface area contributed by atoms with E-state index >= 15 is 0 Å². The molecule has 0 amide bonds. The molecule has 0 rings (SSSR count). The van der Waals surface area contributed by atoms with Crippen LogP contribution < -0.4 is 0 Å². The van der Waals surface area contributed by atoms with Crippen LogP contribution in [0.1, 0.15) is 26.2 Å². The Kier molecular flexibility index (Phi) is 9.59. The Bertz CT molecular complexity index is 112. The van der Waals surface area contributed by atoms with E-state index in [1.807, 2.05) is 12.2 Å². The Morgan fingerprint density at radius 1 is 1.33 bits per heavy atom. The lowest BCUT2D eigenvalue weighted by Gasteiger charge is -1.92. The zero-order valence-corrected chi connectivity index (χ0v) is 7.70. The fraction of sp³-hybridized carbons (Fsp3) is 0.600. The molecular weight excluding hydrogens is 152 g/mol. The highest BCUT2D eigenvalue weighted by Gasteiger charge is 1.76. The third kappa shape index (κ3) is 9.24. The Labute approximate surface area is 74.6 Å². The van der Waals surface area contributed by atoms with Crippen molar-refractivity contribution < 1.29 is 9.84 Å². The summed E-state index contributed by atoms with van der Waals surface area (Å²) in [5.41, 5.74) is 0. The number of rotatable bonds is 7. The molecule has 2 heteroatoms. The number of ether oxygens (including phenoxy) is 1. The number of aliphatic hydroxyl groups is 1. The Balaban J connectivity index is 3.15. The molecular formula is C10H18O2. The molecule has 0 heterocycles. The topological polar surface area (TPSA) is 29.5 Å². The summed E-state index contributed by atoms with van der Waals surface area (Å²) in [4.78, 5) is 0. The van der Waals surface area contributed by atoms with Crippen molar-refractivity contribution >= 4 is 0 Å². The van der Waals surface area contributed by atoms with Crippen molar-refractivity contribution in [1.82, 2.24) is 0 Å². The number of hydrogen-bond acceptors (Lipinski definition) is 2. The van der Waals surface area contributed by atoms with E-state index in [0.29, 0.717) is 6.61 Å². The van der Waals surface area contributed by atoms with E-state index in [9.17, 15) is 0 Å². The fourth-order valence-corrected chi connectivity index (χ4v) is 0.718. The number of unbranched alkanes of at least 4 members (excludes halogenated alkanes) is 2. The van der Waals surface area contributed by atoms with Gasteiger partial charge in [-0.05, 0) is 12.5 Å². The summed E-state index contributed by atoms with van der Waals surface area (Å²) < 4.78 is 4.91. The fourth-order valence-electron chi connectivity index (χ4n) is 0.718. The van der Waals surface area contributed by atoms with Gasteiger partial charge in [0.15, 0.2) is 0 Å². The van der Waals surface area contributed by atoms with E-state index in [1.165, 1.54) is 12.8 Å². The molecule has 0 saturated carbocycles. The van der Waals surface area contributed by atoms with Crippen LogP contribution in [0, 0.1) is 0 Å². The van der Waals surface area contributed by atoms with Crippen molar-refractivity contribution in [3.05, 3.63) is 24.5 Å². The highest BCUT2D eigenvalue weighted by molar-refractivity contribution is 4.99. The van der Waals surface area contributed by atoms with Gasteiger partial charge in [0.05, 0.1) is 12.9 Å². The normalized spacial score (nSPS) is 11.5. The van der Waals surface area contributed by atoms with Crippen molar-refractivity contribution in [3.63, 3.8) is 0 Å². The van der Waals surface area contributed by atoms with Gasteiger partial charge < -0.3 is 9.84 Å². The second kappa shape index (κ2) is 10.2. The second-order valence-electron chi connectivity index (χ2n) is 2.49. The predicted molar refractivity (Wildman–Crippen MR) is 50.8 cm³/mol. The van der Waals surface area contributed by atoms with Crippen molar-refractivity contribution in [2.45, 2.75) is 26.2 Å². The zero-order valence-electron chi connectivity index (χ0n) is 7.70. The van der Waals surface area contributed by atoms with E-state index in [4.69, 9.17) is 9.84 Å². The first-order valence-electron chi connectivity index (χ1n) is 4.46. The monoisotopic (exact) mass is 170 g/mol. The molecule has 0 saturated heterocycles. The third-order valence-corrected chi connectivity index (χ3v) is 1.36. The van der Waals surface area contributed by atoms with E-state index in [-0.39, 0.29) is 6.61 Å². The van der Waals surface area contributed by atoms with Gasteiger partial charge in [-0.3, -0.25) is 0 Å². The molecule has 1 N–H and O–H groups in total. The second-order valence-corrected chi connectivity index (χ2v) is 2.49. The first kappa shape index (κ1) is 11.2. The summed E-state index contributed by atoms with van der Waals surface area (Å²) in [6.45, 7) is 2.62. The van der Waals surface area contributed by atoms with Gasteiger partial charge in [0.2, 0.25) is 0 Å². The van der Waals surface area contributed by atoms with Gasteiger partial charge in [-0.15, -0.1) is 0 Å². The molecule has 12 heavy (non-hydrogen) atoms. The van der Waals surface area contributed by atoms with Crippen molar-refractivity contribution in [2.75, 3.05) is 13.2 Å². The first-order valence-corrected chi connectivity index (χ1v) is 4.46. The maximum atomic E-state index is 8.36. The largest absolute Gasteiger partial charge is 0.499 e. The lowest BCUT2D eigenvalue weighted by molar-refractivity contribution is 0.166. The molecule has 0 bridgehead atoms. The van der Waals surface area contributed by atoms with Crippen LogP contribution in [0.2, 0.25) is 0 Å². The molecule has 0 aromatic rings. The molecule has 0 radical (unpaired) electrons. The average Bonchev–Trinajstić information content (AvgIpc) is 2.10. The summed E-state index contributed by atoms with van der Waals surface area (Å²) in [5.74, 6) is 0. The van der Waals surface area contributed by atoms with Crippen LogP contribution >= 0.6 is 0 Å². The molecule has 0 aliphatic heterocycles. The highest BCUT2D eigenvalue weighted by atomic mass is 16.5. The van der Waals surface area contributed by atoms with Gasteiger partial charge in [-0.2, -0.15) is 0 Å². The standard InChI is InChI=1S/C10H18O2/c1-2-3-4-5-6-7-9-12-10-8-11/h5-7,9,11H,2-4,8,10H2,1H3/b6-5+,9-7+. The minimum Gasteiger partial charge on any atom is -0.499 e. The van der Waals surface area contributed by atoms with Gasteiger partial charge in [-0.25, -0.2) is 0 Å². The number of hydrogen-bond donors (Lipinski definition) is 1. The lowest BCUT2D eigenvalue weighted by Crippen LogP contribution is -1.91. The molecule has 0 atom stereocenters.